The molecule has 1 N–H and O–H groups in total. The number of hydrogen-bond acceptors (Lipinski definition) is 6. The maximum Gasteiger partial charge on any atom is 0.232 e. The van der Waals surface area contributed by atoms with Crippen molar-refractivity contribution in [1.29, 1.82) is 0 Å². The molecule has 2 aromatic heterocycles. The molecule has 0 aliphatic heterocycles. The highest BCUT2D eigenvalue weighted by molar-refractivity contribution is 9.10. The Balaban J connectivity index is 1.92. The second-order valence-corrected chi connectivity index (χ2v) is 4.44. The van der Waals surface area contributed by atoms with Crippen LogP contribution in [0.4, 0.5) is 5.95 Å². The second-order valence-electron chi connectivity index (χ2n) is 3.59. The van der Waals surface area contributed by atoms with Gasteiger partial charge in [-0.1, -0.05) is 0 Å². The Morgan fingerprint density at radius 2 is 2.33 bits per heavy atom. The van der Waals surface area contributed by atoms with Crippen LogP contribution in [0.2, 0.25) is 0 Å². The van der Waals surface area contributed by atoms with Gasteiger partial charge in [-0.25, -0.2) is 4.98 Å². The molecule has 0 fully saturated rings. The molecule has 0 aliphatic rings. The molecule has 0 saturated carbocycles. The van der Waals surface area contributed by atoms with Gasteiger partial charge in [0.05, 0.1) is 17.8 Å². The highest BCUT2D eigenvalue weighted by Crippen LogP contribution is 2.21. The molecular formula is C10H13BrN6O. The summed E-state index contributed by atoms with van der Waals surface area (Å²) in [5.41, 5.74) is 0. The summed E-state index contributed by atoms with van der Waals surface area (Å²) in [5.74, 6) is 1.94. The van der Waals surface area contributed by atoms with E-state index in [-0.39, 0.29) is 0 Å². The van der Waals surface area contributed by atoms with Crippen molar-refractivity contribution >= 4 is 21.9 Å². The zero-order valence-corrected chi connectivity index (χ0v) is 11.7. The van der Waals surface area contributed by atoms with E-state index in [4.69, 9.17) is 4.74 Å². The van der Waals surface area contributed by atoms with E-state index in [1.54, 1.807) is 19.6 Å². The van der Waals surface area contributed by atoms with Gasteiger partial charge < -0.3 is 14.6 Å². The van der Waals surface area contributed by atoms with Crippen molar-refractivity contribution in [3.05, 3.63) is 22.8 Å². The van der Waals surface area contributed by atoms with Crippen LogP contribution in [0.1, 0.15) is 5.82 Å². The topological polar surface area (TPSA) is 77.8 Å². The maximum atomic E-state index is 5.09. The van der Waals surface area contributed by atoms with Crippen molar-refractivity contribution in [2.24, 2.45) is 7.05 Å². The van der Waals surface area contributed by atoms with E-state index >= 15 is 0 Å². The summed E-state index contributed by atoms with van der Waals surface area (Å²) in [6.07, 6.45) is 4.07. The van der Waals surface area contributed by atoms with Crippen LogP contribution in [0.5, 0.6) is 5.88 Å². The van der Waals surface area contributed by atoms with E-state index < -0.39 is 0 Å². The SMILES string of the molecule is COc1nc(NCCc2nncn2C)ncc1Br. The summed E-state index contributed by atoms with van der Waals surface area (Å²) in [4.78, 5) is 8.33. The molecule has 2 heterocycles. The van der Waals surface area contributed by atoms with Crippen LogP contribution in [0.25, 0.3) is 0 Å². The third-order valence-electron chi connectivity index (χ3n) is 2.34. The van der Waals surface area contributed by atoms with Gasteiger partial charge in [-0.2, -0.15) is 4.98 Å². The third kappa shape index (κ3) is 2.95. The normalized spacial score (nSPS) is 10.4. The van der Waals surface area contributed by atoms with Crippen LogP contribution in [-0.2, 0) is 13.5 Å². The Morgan fingerprint density at radius 3 is 3.00 bits per heavy atom. The number of halogens is 1. The minimum absolute atomic E-state index is 0.506. The number of rotatable bonds is 5. The van der Waals surface area contributed by atoms with Crippen LogP contribution in [0.15, 0.2) is 17.0 Å². The van der Waals surface area contributed by atoms with Gasteiger partial charge in [-0.05, 0) is 15.9 Å². The van der Waals surface area contributed by atoms with Gasteiger partial charge >= 0.3 is 0 Å². The first-order chi connectivity index (χ1) is 8.70. The number of hydrogen-bond donors (Lipinski definition) is 1. The molecular weight excluding hydrogens is 300 g/mol. The van der Waals surface area contributed by atoms with Gasteiger partial charge in [0, 0.05) is 20.0 Å². The fourth-order valence-electron chi connectivity index (χ4n) is 1.40. The molecule has 0 saturated heterocycles. The molecule has 2 rings (SSSR count). The lowest BCUT2D eigenvalue weighted by Crippen LogP contribution is -2.11. The van der Waals surface area contributed by atoms with Crippen molar-refractivity contribution < 1.29 is 4.74 Å². The Hall–Kier alpha value is -1.70. The fraction of sp³-hybridized carbons (Fsp3) is 0.400. The summed E-state index contributed by atoms with van der Waals surface area (Å²) in [6.45, 7) is 0.678. The number of nitrogens with zero attached hydrogens (tertiary/aromatic N) is 5. The van der Waals surface area contributed by atoms with E-state index in [2.05, 4.69) is 41.4 Å². The highest BCUT2D eigenvalue weighted by atomic mass is 79.9. The minimum atomic E-state index is 0.506. The van der Waals surface area contributed by atoms with Crippen molar-refractivity contribution in [1.82, 2.24) is 24.7 Å². The number of aromatic nitrogens is 5. The molecule has 0 atom stereocenters. The van der Waals surface area contributed by atoms with E-state index in [0.717, 1.165) is 16.7 Å². The number of anilines is 1. The summed E-state index contributed by atoms with van der Waals surface area (Å²) in [5, 5.41) is 10.9. The van der Waals surface area contributed by atoms with Crippen molar-refractivity contribution in [2.75, 3.05) is 19.0 Å². The van der Waals surface area contributed by atoms with Crippen LogP contribution < -0.4 is 10.1 Å². The molecule has 0 aliphatic carbocycles. The Labute approximate surface area is 113 Å². The molecule has 0 amide bonds. The highest BCUT2D eigenvalue weighted by Gasteiger charge is 2.05. The van der Waals surface area contributed by atoms with Gasteiger partial charge in [0.1, 0.15) is 12.2 Å². The Bertz CT molecular complexity index is 529. The number of ether oxygens (including phenoxy) is 1. The number of aryl methyl sites for hydroxylation is 1. The summed E-state index contributed by atoms with van der Waals surface area (Å²) < 4.78 is 7.70. The molecule has 0 spiro atoms. The average Bonchev–Trinajstić information content (AvgIpc) is 2.77. The van der Waals surface area contributed by atoms with Gasteiger partial charge in [-0.15, -0.1) is 10.2 Å². The van der Waals surface area contributed by atoms with E-state index in [0.29, 0.717) is 18.4 Å². The van der Waals surface area contributed by atoms with Gasteiger partial charge in [-0.3, -0.25) is 0 Å². The molecule has 0 unspecified atom stereocenters. The lowest BCUT2D eigenvalue weighted by Gasteiger charge is -2.06. The fourth-order valence-corrected chi connectivity index (χ4v) is 1.75. The first kappa shape index (κ1) is 12.7. The van der Waals surface area contributed by atoms with Crippen molar-refractivity contribution in [3.8, 4) is 5.88 Å². The average molecular weight is 313 g/mol. The van der Waals surface area contributed by atoms with Crippen LogP contribution in [-0.4, -0.2) is 38.4 Å². The second kappa shape index (κ2) is 5.76. The quantitative estimate of drug-likeness (QED) is 0.888. The van der Waals surface area contributed by atoms with E-state index in [9.17, 15) is 0 Å². The molecule has 7 nitrogen and oxygen atoms in total. The third-order valence-corrected chi connectivity index (χ3v) is 2.89. The molecule has 0 radical (unpaired) electrons. The zero-order valence-electron chi connectivity index (χ0n) is 10.1. The van der Waals surface area contributed by atoms with Crippen molar-refractivity contribution in [2.45, 2.75) is 6.42 Å². The smallest absolute Gasteiger partial charge is 0.232 e. The predicted octanol–water partition coefficient (Wildman–Crippen LogP) is 1.03. The minimum Gasteiger partial charge on any atom is -0.480 e. The Kier molecular flexibility index (Phi) is 4.08. The molecule has 8 heteroatoms. The van der Waals surface area contributed by atoms with Gasteiger partial charge in [0.15, 0.2) is 0 Å². The number of nitrogens with one attached hydrogen (secondary N) is 1. The molecule has 96 valence electrons. The summed E-state index contributed by atoms with van der Waals surface area (Å²) in [7, 11) is 3.48. The van der Waals surface area contributed by atoms with E-state index in [1.165, 1.54) is 0 Å². The first-order valence-electron chi connectivity index (χ1n) is 5.34. The zero-order chi connectivity index (χ0) is 13.0. The lowest BCUT2D eigenvalue weighted by molar-refractivity contribution is 0.394. The van der Waals surface area contributed by atoms with Gasteiger partial charge in [0.2, 0.25) is 11.8 Å². The summed E-state index contributed by atoms with van der Waals surface area (Å²) >= 11 is 3.30. The number of methoxy groups -OCH3 is 1. The first-order valence-corrected chi connectivity index (χ1v) is 6.13. The predicted molar refractivity (Wildman–Crippen MR) is 69.5 cm³/mol. The molecule has 2 aromatic rings. The molecule has 18 heavy (non-hydrogen) atoms. The standard InChI is InChI=1S/C10H13BrN6O/c1-17-6-14-16-8(17)3-4-12-10-13-5-7(11)9(15-10)18-2/h5-6H,3-4H2,1-2H3,(H,12,13,15). The largest absolute Gasteiger partial charge is 0.480 e. The Morgan fingerprint density at radius 1 is 1.50 bits per heavy atom. The van der Waals surface area contributed by atoms with E-state index in [1.807, 2.05) is 11.6 Å². The molecule has 0 bridgehead atoms. The van der Waals surface area contributed by atoms with Crippen molar-refractivity contribution in [3.63, 3.8) is 0 Å². The van der Waals surface area contributed by atoms with Gasteiger partial charge in [0.25, 0.3) is 0 Å². The molecule has 0 aromatic carbocycles. The maximum absolute atomic E-state index is 5.09. The monoisotopic (exact) mass is 312 g/mol. The van der Waals surface area contributed by atoms with Crippen LogP contribution in [0.3, 0.4) is 0 Å². The lowest BCUT2D eigenvalue weighted by atomic mass is 10.4. The van der Waals surface area contributed by atoms with Crippen LogP contribution >= 0.6 is 15.9 Å². The van der Waals surface area contributed by atoms with Crippen LogP contribution in [0, 0.1) is 0 Å². The summed E-state index contributed by atoms with van der Waals surface area (Å²) in [6, 6.07) is 0.